The van der Waals surface area contributed by atoms with Crippen molar-refractivity contribution in [3.8, 4) is 0 Å². The molecule has 0 aliphatic rings. The summed E-state index contributed by atoms with van der Waals surface area (Å²) in [4.78, 5) is 0. The lowest BCUT2D eigenvalue weighted by Gasteiger charge is -2.06. The zero-order valence-corrected chi connectivity index (χ0v) is 11.6. The highest BCUT2D eigenvalue weighted by Gasteiger charge is 1.93. The first-order chi connectivity index (χ1) is 8.95. The van der Waals surface area contributed by atoms with Gasteiger partial charge in [-0.3, -0.25) is 0 Å². The number of halogens is 1. The van der Waals surface area contributed by atoms with Crippen LogP contribution in [-0.4, -0.2) is 13.2 Å². The summed E-state index contributed by atoms with van der Waals surface area (Å²) in [7, 11) is 0. The van der Waals surface area contributed by atoms with Gasteiger partial charge in [0.1, 0.15) is 0 Å². The molecule has 0 unspecified atom stereocenters. The Morgan fingerprint density at radius 1 is 0.789 bits per heavy atom. The highest BCUT2D eigenvalue weighted by molar-refractivity contribution is 5.14. The van der Waals surface area contributed by atoms with Crippen LogP contribution in [0.1, 0.15) is 11.1 Å². The molecule has 19 heavy (non-hydrogen) atoms. The van der Waals surface area contributed by atoms with Gasteiger partial charge < -0.3 is 22.5 Å². The van der Waals surface area contributed by atoms with Crippen molar-refractivity contribution in [1.29, 1.82) is 0 Å². The molecule has 0 aliphatic carbocycles. The minimum atomic E-state index is 0. The Bertz CT molecular complexity index is 390. The van der Waals surface area contributed by atoms with E-state index in [-0.39, 0.29) is 12.4 Å². The third-order valence-electron chi connectivity index (χ3n) is 2.71. The molecular formula is C16H19ClNO-. The first-order valence-corrected chi connectivity index (χ1v) is 6.31. The van der Waals surface area contributed by atoms with E-state index < -0.39 is 0 Å². The molecule has 0 atom stereocenters. The summed E-state index contributed by atoms with van der Waals surface area (Å²) < 4.78 is 5.60. The second-order valence-corrected chi connectivity index (χ2v) is 4.20. The summed E-state index contributed by atoms with van der Waals surface area (Å²) in [6.45, 7) is 3.20. The van der Waals surface area contributed by atoms with Gasteiger partial charge in [0.25, 0.3) is 0 Å². The smallest absolute Gasteiger partial charge is 0.0717 e. The summed E-state index contributed by atoms with van der Waals surface area (Å²) in [6, 6.07) is 20.6. The number of rotatable bonds is 7. The van der Waals surface area contributed by atoms with Crippen LogP contribution in [0.4, 0.5) is 0 Å². The molecule has 3 heteroatoms. The van der Waals surface area contributed by atoms with Gasteiger partial charge in [-0.25, -0.2) is 0 Å². The van der Waals surface area contributed by atoms with E-state index in [1.54, 1.807) is 0 Å². The molecular weight excluding hydrogens is 258 g/mol. The lowest BCUT2D eigenvalue weighted by Crippen LogP contribution is -3.00. The van der Waals surface area contributed by atoms with Crippen LogP contribution in [0.15, 0.2) is 60.7 Å². The van der Waals surface area contributed by atoms with Gasteiger partial charge in [-0.2, -0.15) is 0 Å². The molecule has 0 bridgehead atoms. The average Bonchev–Trinajstić information content (AvgIpc) is 2.45. The van der Waals surface area contributed by atoms with Gasteiger partial charge >= 0.3 is 0 Å². The van der Waals surface area contributed by atoms with Crippen LogP contribution in [-0.2, 0) is 17.9 Å². The Balaban J connectivity index is 0.00000180. The van der Waals surface area contributed by atoms with Crippen molar-refractivity contribution in [3.05, 3.63) is 71.8 Å². The van der Waals surface area contributed by atoms with Crippen LogP contribution in [0.2, 0.25) is 0 Å². The second-order valence-electron chi connectivity index (χ2n) is 4.20. The van der Waals surface area contributed by atoms with Gasteiger partial charge in [0.05, 0.1) is 13.2 Å². The van der Waals surface area contributed by atoms with Crippen LogP contribution in [0.25, 0.3) is 0 Å². The molecule has 0 amide bonds. The Morgan fingerprint density at radius 3 is 2.00 bits per heavy atom. The van der Waals surface area contributed by atoms with Gasteiger partial charge in [-0.15, -0.1) is 0 Å². The highest BCUT2D eigenvalue weighted by atomic mass is 35.5. The standard InChI is InChI=1S/C16H19NO.ClH/c1-3-7-15(8-4-1)13-17-11-12-18-14-16-9-5-2-6-10-16;/h1-10,17H,11-14H2;1H/p-1. The van der Waals surface area contributed by atoms with Crippen molar-refractivity contribution in [3.63, 3.8) is 0 Å². The van der Waals surface area contributed by atoms with Crippen LogP contribution in [0.3, 0.4) is 0 Å². The maximum atomic E-state index is 5.60. The molecule has 2 aromatic rings. The minimum Gasteiger partial charge on any atom is -1.00 e. The summed E-state index contributed by atoms with van der Waals surface area (Å²) >= 11 is 0. The number of hydrogen-bond acceptors (Lipinski definition) is 2. The van der Waals surface area contributed by atoms with E-state index in [0.29, 0.717) is 6.61 Å². The third-order valence-corrected chi connectivity index (χ3v) is 2.71. The van der Waals surface area contributed by atoms with Crippen LogP contribution >= 0.6 is 0 Å². The number of benzene rings is 2. The second kappa shape index (κ2) is 9.56. The van der Waals surface area contributed by atoms with E-state index in [9.17, 15) is 0 Å². The summed E-state index contributed by atoms with van der Waals surface area (Å²) in [5, 5.41) is 3.36. The van der Waals surface area contributed by atoms with Crippen LogP contribution in [0.5, 0.6) is 0 Å². The first kappa shape index (κ1) is 15.7. The Hall–Kier alpha value is -1.35. The molecule has 2 aromatic carbocycles. The predicted molar refractivity (Wildman–Crippen MR) is 74.2 cm³/mol. The van der Waals surface area contributed by atoms with Gasteiger partial charge in [0, 0.05) is 13.1 Å². The van der Waals surface area contributed by atoms with Gasteiger partial charge in [0.2, 0.25) is 0 Å². The fraction of sp³-hybridized carbons (Fsp3) is 0.250. The third kappa shape index (κ3) is 6.39. The van der Waals surface area contributed by atoms with Crippen molar-refractivity contribution in [2.45, 2.75) is 13.2 Å². The van der Waals surface area contributed by atoms with Gasteiger partial charge in [-0.1, -0.05) is 60.7 Å². The summed E-state index contributed by atoms with van der Waals surface area (Å²) in [5.74, 6) is 0. The maximum Gasteiger partial charge on any atom is 0.0717 e. The van der Waals surface area contributed by atoms with E-state index in [2.05, 4.69) is 41.7 Å². The normalized spacial score (nSPS) is 9.89. The van der Waals surface area contributed by atoms with E-state index in [4.69, 9.17) is 4.74 Å². The Morgan fingerprint density at radius 2 is 1.37 bits per heavy atom. The molecule has 0 radical (unpaired) electrons. The molecule has 0 fully saturated rings. The molecule has 2 nitrogen and oxygen atoms in total. The summed E-state index contributed by atoms with van der Waals surface area (Å²) in [5.41, 5.74) is 2.53. The van der Waals surface area contributed by atoms with Crippen molar-refractivity contribution < 1.29 is 17.1 Å². The largest absolute Gasteiger partial charge is 1.00 e. The first-order valence-electron chi connectivity index (χ1n) is 6.31. The number of nitrogens with one attached hydrogen (secondary N) is 1. The van der Waals surface area contributed by atoms with Crippen molar-refractivity contribution in [2.75, 3.05) is 13.2 Å². The zero-order valence-electron chi connectivity index (χ0n) is 10.9. The molecule has 0 spiro atoms. The van der Waals surface area contributed by atoms with Crippen molar-refractivity contribution in [2.24, 2.45) is 0 Å². The molecule has 102 valence electrons. The van der Waals surface area contributed by atoms with E-state index in [1.165, 1.54) is 11.1 Å². The van der Waals surface area contributed by atoms with Gasteiger partial charge in [-0.05, 0) is 11.1 Å². The number of hydrogen-bond donors (Lipinski definition) is 1. The highest BCUT2D eigenvalue weighted by Crippen LogP contribution is 2.00. The molecule has 0 aliphatic heterocycles. The Kier molecular flexibility index (Phi) is 7.91. The fourth-order valence-corrected chi connectivity index (χ4v) is 1.74. The average molecular weight is 277 g/mol. The molecule has 1 N–H and O–H groups in total. The molecule has 0 aromatic heterocycles. The minimum absolute atomic E-state index is 0. The zero-order chi connectivity index (χ0) is 12.5. The lowest BCUT2D eigenvalue weighted by molar-refractivity contribution is -0.00000416. The van der Waals surface area contributed by atoms with Crippen LogP contribution in [0, 0.1) is 0 Å². The number of ether oxygens (including phenoxy) is 1. The lowest BCUT2D eigenvalue weighted by atomic mass is 10.2. The SMILES string of the molecule is [Cl-].c1ccc(CNCCOCc2ccccc2)cc1. The Labute approximate surface area is 121 Å². The molecule has 0 saturated carbocycles. The topological polar surface area (TPSA) is 21.3 Å². The molecule has 2 rings (SSSR count). The summed E-state index contributed by atoms with van der Waals surface area (Å²) in [6.07, 6.45) is 0. The monoisotopic (exact) mass is 276 g/mol. The van der Waals surface area contributed by atoms with Crippen molar-refractivity contribution >= 4 is 0 Å². The fourth-order valence-electron chi connectivity index (χ4n) is 1.74. The maximum absolute atomic E-state index is 5.60. The van der Waals surface area contributed by atoms with Gasteiger partial charge in [0.15, 0.2) is 0 Å². The van der Waals surface area contributed by atoms with E-state index >= 15 is 0 Å². The molecule has 0 saturated heterocycles. The van der Waals surface area contributed by atoms with E-state index in [1.807, 2.05) is 24.3 Å². The quantitative estimate of drug-likeness (QED) is 0.719. The van der Waals surface area contributed by atoms with Crippen LogP contribution < -0.4 is 17.7 Å². The van der Waals surface area contributed by atoms with E-state index in [0.717, 1.165) is 19.7 Å². The van der Waals surface area contributed by atoms with Crippen molar-refractivity contribution in [1.82, 2.24) is 5.32 Å². The predicted octanol–water partition coefficient (Wildman–Crippen LogP) is -0.00300. The molecule has 0 heterocycles.